The zero-order valence-electron chi connectivity index (χ0n) is 12.8. The quantitative estimate of drug-likeness (QED) is 0.674. The molecule has 0 spiro atoms. The van der Waals surface area contributed by atoms with E-state index in [4.69, 9.17) is 5.11 Å². The Labute approximate surface area is 141 Å². The summed E-state index contributed by atoms with van der Waals surface area (Å²) < 4.78 is 0. The van der Waals surface area contributed by atoms with Crippen molar-refractivity contribution < 1.29 is 19.5 Å². The number of carbonyl (C=O) groups excluding carboxylic acids is 2. The SMILES string of the molecule is O=C(NC(=O)c1ccc2nccnc2c1)Nc1ccccc1C(=O)O. The molecule has 0 atom stereocenters. The topological polar surface area (TPSA) is 121 Å². The summed E-state index contributed by atoms with van der Waals surface area (Å²) in [6.07, 6.45) is 3.04. The predicted octanol–water partition coefficient (Wildman–Crippen LogP) is 2.29. The van der Waals surface area contributed by atoms with E-state index in [0.29, 0.717) is 11.0 Å². The molecule has 124 valence electrons. The zero-order valence-corrected chi connectivity index (χ0v) is 12.8. The van der Waals surface area contributed by atoms with Crippen molar-refractivity contribution in [3.63, 3.8) is 0 Å². The Balaban J connectivity index is 1.74. The van der Waals surface area contributed by atoms with Gasteiger partial charge in [0, 0.05) is 18.0 Å². The van der Waals surface area contributed by atoms with Crippen LogP contribution in [0.5, 0.6) is 0 Å². The Bertz CT molecular complexity index is 987. The summed E-state index contributed by atoms with van der Waals surface area (Å²) in [5, 5.41) is 13.6. The second-order valence-corrected chi connectivity index (χ2v) is 5.02. The highest BCUT2D eigenvalue weighted by molar-refractivity contribution is 6.10. The predicted molar refractivity (Wildman–Crippen MR) is 89.4 cm³/mol. The lowest BCUT2D eigenvalue weighted by Crippen LogP contribution is -2.34. The van der Waals surface area contributed by atoms with Gasteiger partial charge >= 0.3 is 12.0 Å². The van der Waals surface area contributed by atoms with Crippen LogP contribution in [0.4, 0.5) is 10.5 Å². The number of urea groups is 1. The molecule has 0 unspecified atom stereocenters. The van der Waals surface area contributed by atoms with E-state index in [1.54, 1.807) is 12.1 Å². The van der Waals surface area contributed by atoms with Gasteiger partial charge in [0.1, 0.15) is 0 Å². The maximum Gasteiger partial charge on any atom is 0.337 e. The minimum atomic E-state index is -1.18. The lowest BCUT2D eigenvalue weighted by atomic mass is 10.1. The number of benzene rings is 2. The van der Waals surface area contributed by atoms with E-state index in [2.05, 4.69) is 20.6 Å². The van der Waals surface area contributed by atoms with E-state index in [1.165, 1.54) is 42.7 Å². The Kier molecular flexibility index (Phi) is 4.34. The minimum absolute atomic E-state index is 0.0777. The van der Waals surface area contributed by atoms with Gasteiger partial charge in [-0.1, -0.05) is 12.1 Å². The lowest BCUT2D eigenvalue weighted by Gasteiger charge is -2.09. The number of nitrogens with one attached hydrogen (secondary N) is 2. The molecule has 0 saturated heterocycles. The summed E-state index contributed by atoms with van der Waals surface area (Å²) in [4.78, 5) is 43.5. The van der Waals surface area contributed by atoms with Crippen molar-refractivity contribution in [1.82, 2.24) is 15.3 Å². The minimum Gasteiger partial charge on any atom is -0.478 e. The number of aromatic carboxylic acids is 1. The molecule has 0 aliphatic carbocycles. The molecule has 1 heterocycles. The van der Waals surface area contributed by atoms with Crippen LogP contribution in [0.3, 0.4) is 0 Å². The Morgan fingerprint density at radius 1 is 0.920 bits per heavy atom. The maximum absolute atomic E-state index is 12.2. The van der Waals surface area contributed by atoms with Gasteiger partial charge in [-0.3, -0.25) is 20.1 Å². The average molecular weight is 336 g/mol. The fraction of sp³-hybridized carbons (Fsp3) is 0. The van der Waals surface area contributed by atoms with Crippen molar-refractivity contribution in [2.45, 2.75) is 0 Å². The number of carboxylic acids is 1. The van der Waals surface area contributed by atoms with E-state index >= 15 is 0 Å². The second kappa shape index (κ2) is 6.75. The lowest BCUT2D eigenvalue weighted by molar-refractivity contribution is 0.0698. The van der Waals surface area contributed by atoms with E-state index < -0.39 is 17.9 Å². The van der Waals surface area contributed by atoms with Gasteiger partial charge in [0.2, 0.25) is 0 Å². The fourth-order valence-electron chi connectivity index (χ4n) is 2.21. The van der Waals surface area contributed by atoms with Gasteiger partial charge < -0.3 is 10.4 Å². The molecule has 0 aliphatic heterocycles. The standard InChI is InChI=1S/C17H12N4O4/c22-15(10-5-6-13-14(9-10)19-8-7-18-13)21-17(25)20-12-4-2-1-3-11(12)16(23)24/h1-9H,(H,23,24)(H2,20,21,22,25). The van der Waals surface area contributed by atoms with Crippen molar-refractivity contribution in [2.75, 3.05) is 5.32 Å². The zero-order chi connectivity index (χ0) is 17.8. The van der Waals surface area contributed by atoms with Crippen LogP contribution in [0, 0.1) is 0 Å². The highest BCUT2D eigenvalue weighted by Crippen LogP contribution is 2.15. The molecule has 3 rings (SSSR count). The van der Waals surface area contributed by atoms with Crippen LogP contribution < -0.4 is 10.6 Å². The molecule has 3 N–H and O–H groups in total. The first-order chi connectivity index (χ1) is 12.0. The third-order valence-corrected chi connectivity index (χ3v) is 3.36. The van der Waals surface area contributed by atoms with Crippen molar-refractivity contribution in [3.8, 4) is 0 Å². The third-order valence-electron chi connectivity index (χ3n) is 3.36. The van der Waals surface area contributed by atoms with Crippen LogP contribution in [0.2, 0.25) is 0 Å². The normalized spacial score (nSPS) is 10.2. The number of hydrogen-bond donors (Lipinski definition) is 3. The number of fused-ring (bicyclic) bond motifs is 1. The van der Waals surface area contributed by atoms with Gasteiger partial charge in [-0.25, -0.2) is 9.59 Å². The first-order valence-corrected chi connectivity index (χ1v) is 7.20. The van der Waals surface area contributed by atoms with Crippen LogP contribution >= 0.6 is 0 Å². The summed E-state index contributed by atoms with van der Waals surface area (Å²) in [6, 6.07) is 9.70. The van der Waals surface area contributed by atoms with Gasteiger partial charge in [0.05, 0.1) is 22.3 Å². The first kappa shape index (κ1) is 16.1. The highest BCUT2D eigenvalue weighted by atomic mass is 16.4. The number of carboxylic acid groups (broad SMARTS) is 1. The monoisotopic (exact) mass is 336 g/mol. The highest BCUT2D eigenvalue weighted by Gasteiger charge is 2.15. The fourth-order valence-corrected chi connectivity index (χ4v) is 2.21. The van der Waals surface area contributed by atoms with Crippen LogP contribution in [-0.2, 0) is 0 Å². The number of carbonyl (C=O) groups is 3. The van der Waals surface area contributed by atoms with E-state index in [9.17, 15) is 14.4 Å². The number of hydrogen-bond acceptors (Lipinski definition) is 5. The van der Waals surface area contributed by atoms with Crippen LogP contribution in [0.1, 0.15) is 20.7 Å². The Morgan fingerprint density at radius 2 is 1.64 bits per heavy atom. The molecule has 0 bridgehead atoms. The molecule has 3 aromatic rings. The van der Waals surface area contributed by atoms with Gasteiger partial charge in [-0.2, -0.15) is 0 Å². The van der Waals surface area contributed by atoms with Crippen molar-refractivity contribution in [1.29, 1.82) is 0 Å². The number of para-hydroxylation sites is 1. The Hall–Kier alpha value is -3.81. The summed E-state index contributed by atoms with van der Waals surface area (Å²) in [5.41, 5.74) is 1.39. The maximum atomic E-state index is 12.2. The van der Waals surface area contributed by atoms with Crippen molar-refractivity contribution in [3.05, 3.63) is 66.0 Å². The number of imide groups is 1. The molecule has 8 nitrogen and oxygen atoms in total. The third kappa shape index (κ3) is 3.58. The molecule has 2 aromatic carbocycles. The molecule has 8 heteroatoms. The molecule has 0 saturated carbocycles. The Morgan fingerprint density at radius 3 is 2.40 bits per heavy atom. The van der Waals surface area contributed by atoms with Gasteiger partial charge in [0.15, 0.2) is 0 Å². The molecular formula is C17H12N4O4. The van der Waals surface area contributed by atoms with Crippen molar-refractivity contribution >= 4 is 34.6 Å². The number of nitrogens with zero attached hydrogens (tertiary/aromatic N) is 2. The molecule has 0 radical (unpaired) electrons. The van der Waals surface area contributed by atoms with E-state index in [1.807, 2.05) is 0 Å². The molecule has 0 fully saturated rings. The summed E-state index contributed by atoms with van der Waals surface area (Å²) in [7, 11) is 0. The van der Waals surface area contributed by atoms with Gasteiger partial charge in [-0.15, -0.1) is 0 Å². The van der Waals surface area contributed by atoms with E-state index in [0.717, 1.165) is 0 Å². The van der Waals surface area contributed by atoms with Gasteiger partial charge in [-0.05, 0) is 30.3 Å². The molecule has 3 amide bonds. The van der Waals surface area contributed by atoms with Crippen molar-refractivity contribution in [2.24, 2.45) is 0 Å². The summed E-state index contributed by atoms with van der Waals surface area (Å²) >= 11 is 0. The van der Waals surface area contributed by atoms with E-state index in [-0.39, 0.29) is 16.8 Å². The molecule has 0 aliphatic rings. The van der Waals surface area contributed by atoms with Gasteiger partial charge in [0.25, 0.3) is 5.91 Å². The van der Waals surface area contributed by atoms with Crippen LogP contribution in [-0.4, -0.2) is 33.0 Å². The average Bonchev–Trinajstić information content (AvgIpc) is 2.61. The number of aromatic nitrogens is 2. The summed E-state index contributed by atoms with van der Waals surface area (Å²) in [5.74, 6) is -1.83. The second-order valence-electron chi connectivity index (χ2n) is 5.02. The van der Waals surface area contributed by atoms with Crippen LogP contribution in [0.25, 0.3) is 11.0 Å². The largest absolute Gasteiger partial charge is 0.478 e. The molecule has 25 heavy (non-hydrogen) atoms. The van der Waals surface area contributed by atoms with Crippen LogP contribution in [0.15, 0.2) is 54.9 Å². The molecular weight excluding hydrogens is 324 g/mol. The summed E-state index contributed by atoms with van der Waals surface area (Å²) in [6.45, 7) is 0. The number of anilines is 1. The smallest absolute Gasteiger partial charge is 0.337 e. The number of amides is 3. The first-order valence-electron chi connectivity index (χ1n) is 7.20. The number of rotatable bonds is 3. The molecule has 1 aromatic heterocycles.